The molecule has 1 saturated heterocycles. The molecule has 0 saturated carbocycles. The number of amides is 1. The van der Waals surface area contributed by atoms with E-state index in [1.54, 1.807) is 7.05 Å². The minimum absolute atomic E-state index is 0.0151. The number of carbonyl (C=O) groups excluding carboxylic acids is 1. The maximum Gasteiger partial charge on any atom is 0.242 e. The second-order valence-corrected chi connectivity index (χ2v) is 5.14. The third-order valence-corrected chi connectivity index (χ3v) is 3.80. The van der Waals surface area contributed by atoms with Crippen LogP contribution in [0.4, 0.5) is 5.82 Å². The van der Waals surface area contributed by atoms with E-state index in [4.69, 9.17) is 11.6 Å². The summed E-state index contributed by atoms with van der Waals surface area (Å²) in [5.74, 6) is 0.757. The number of benzene rings is 1. The molecule has 1 aromatic heterocycles. The number of aromatic nitrogens is 2. The Morgan fingerprint density at radius 3 is 3.00 bits per heavy atom. The van der Waals surface area contributed by atoms with Crippen LogP contribution in [0.15, 0.2) is 24.3 Å². The maximum atomic E-state index is 12.0. The molecule has 0 spiro atoms. The predicted octanol–water partition coefficient (Wildman–Crippen LogP) is 2.00. The molecule has 0 radical (unpaired) electrons. The van der Waals surface area contributed by atoms with Crippen molar-refractivity contribution < 1.29 is 4.79 Å². The summed E-state index contributed by atoms with van der Waals surface area (Å²) in [5.41, 5.74) is 0.796. The zero-order valence-corrected chi connectivity index (χ0v) is 11.9. The molecule has 1 N–H and O–H groups in total. The number of rotatable bonds is 2. The van der Waals surface area contributed by atoms with Crippen LogP contribution in [0.3, 0.4) is 0 Å². The van der Waals surface area contributed by atoms with Gasteiger partial charge in [0.25, 0.3) is 0 Å². The first-order chi connectivity index (χ1) is 9.70. The lowest BCUT2D eigenvalue weighted by molar-refractivity contribution is -0.121. The molecule has 5 nitrogen and oxygen atoms in total. The van der Waals surface area contributed by atoms with Gasteiger partial charge in [0, 0.05) is 19.0 Å². The molecule has 1 fully saturated rings. The Kier molecular flexibility index (Phi) is 3.44. The van der Waals surface area contributed by atoms with Crippen LogP contribution >= 0.6 is 11.6 Å². The minimum Gasteiger partial charge on any atom is -0.357 e. The van der Waals surface area contributed by atoms with Gasteiger partial charge in [-0.1, -0.05) is 12.1 Å². The van der Waals surface area contributed by atoms with Gasteiger partial charge in [-0.3, -0.25) is 4.79 Å². The first-order valence-electron chi connectivity index (χ1n) is 6.61. The summed E-state index contributed by atoms with van der Waals surface area (Å²) in [6.07, 6.45) is 1.80. The minimum atomic E-state index is -0.186. The van der Waals surface area contributed by atoms with Crippen molar-refractivity contribution in [3.8, 4) is 0 Å². The summed E-state index contributed by atoms with van der Waals surface area (Å²) in [5, 5.41) is 3.85. The van der Waals surface area contributed by atoms with E-state index in [9.17, 15) is 4.79 Å². The Bertz CT molecular complexity index is 661. The summed E-state index contributed by atoms with van der Waals surface area (Å²) in [4.78, 5) is 22.6. The Balaban J connectivity index is 2.11. The van der Waals surface area contributed by atoms with Gasteiger partial charge in [-0.25, -0.2) is 4.98 Å². The molecule has 0 bridgehead atoms. The lowest BCUT2D eigenvalue weighted by atomic mass is 10.2. The molecular weight excluding hydrogens is 276 g/mol. The van der Waals surface area contributed by atoms with E-state index in [0.29, 0.717) is 0 Å². The van der Waals surface area contributed by atoms with Crippen molar-refractivity contribution in [2.75, 3.05) is 18.5 Å². The number of likely N-dealkylation sites (N-methyl/N-ethyl adjacent to an activating group) is 1. The number of nitrogens with one attached hydrogen (secondary N) is 1. The largest absolute Gasteiger partial charge is 0.357 e. The molecule has 1 aliphatic rings. The van der Waals surface area contributed by atoms with E-state index in [2.05, 4.69) is 15.3 Å². The van der Waals surface area contributed by atoms with Crippen molar-refractivity contribution >= 4 is 34.2 Å². The van der Waals surface area contributed by atoms with Gasteiger partial charge in [0.2, 0.25) is 11.2 Å². The highest BCUT2D eigenvalue weighted by atomic mass is 35.5. The van der Waals surface area contributed by atoms with Crippen molar-refractivity contribution in [1.82, 2.24) is 15.3 Å². The van der Waals surface area contributed by atoms with E-state index in [1.807, 2.05) is 29.2 Å². The molecule has 1 atom stereocenters. The average Bonchev–Trinajstić information content (AvgIpc) is 2.94. The summed E-state index contributed by atoms with van der Waals surface area (Å²) >= 11 is 6.01. The van der Waals surface area contributed by atoms with Gasteiger partial charge in [-0.15, -0.1) is 0 Å². The van der Waals surface area contributed by atoms with Gasteiger partial charge in [0.15, 0.2) is 0 Å². The smallest absolute Gasteiger partial charge is 0.242 e. The van der Waals surface area contributed by atoms with E-state index >= 15 is 0 Å². The highest BCUT2D eigenvalue weighted by molar-refractivity contribution is 6.28. The fourth-order valence-corrected chi connectivity index (χ4v) is 2.88. The predicted molar refractivity (Wildman–Crippen MR) is 79.0 cm³/mol. The van der Waals surface area contributed by atoms with Gasteiger partial charge >= 0.3 is 0 Å². The Morgan fingerprint density at radius 1 is 1.40 bits per heavy atom. The molecule has 3 rings (SSSR count). The van der Waals surface area contributed by atoms with Crippen LogP contribution in [0.1, 0.15) is 12.8 Å². The van der Waals surface area contributed by atoms with Crippen LogP contribution in [0, 0.1) is 0 Å². The topological polar surface area (TPSA) is 58.1 Å². The quantitative estimate of drug-likeness (QED) is 0.860. The van der Waals surface area contributed by atoms with Crippen LogP contribution in [-0.2, 0) is 4.79 Å². The fourth-order valence-electron chi connectivity index (χ4n) is 2.71. The van der Waals surface area contributed by atoms with Crippen LogP contribution in [0.25, 0.3) is 10.9 Å². The van der Waals surface area contributed by atoms with Gasteiger partial charge in [0.05, 0.1) is 5.52 Å². The number of hydrogen-bond donors (Lipinski definition) is 1. The summed E-state index contributed by atoms with van der Waals surface area (Å²) in [6, 6.07) is 7.52. The summed E-state index contributed by atoms with van der Waals surface area (Å²) < 4.78 is 0. The zero-order valence-electron chi connectivity index (χ0n) is 11.1. The van der Waals surface area contributed by atoms with Crippen LogP contribution < -0.4 is 10.2 Å². The number of hydrogen-bond acceptors (Lipinski definition) is 4. The number of carbonyl (C=O) groups is 1. The van der Waals surface area contributed by atoms with Crippen LogP contribution in [0.5, 0.6) is 0 Å². The lowest BCUT2D eigenvalue weighted by Gasteiger charge is -2.25. The molecular formula is C14H15ClN4O. The highest BCUT2D eigenvalue weighted by Gasteiger charge is 2.32. The third-order valence-electron chi connectivity index (χ3n) is 3.63. The lowest BCUT2D eigenvalue weighted by Crippen LogP contribution is -2.42. The van der Waals surface area contributed by atoms with E-state index < -0.39 is 0 Å². The normalized spacial score (nSPS) is 18.5. The maximum absolute atomic E-state index is 12.0. The van der Waals surface area contributed by atoms with Crippen LogP contribution in [-0.4, -0.2) is 35.5 Å². The van der Waals surface area contributed by atoms with E-state index in [0.717, 1.165) is 36.1 Å². The van der Waals surface area contributed by atoms with Gasteiger partial charge < -0.3 is 10.2 Å². The van der Waals surface area contributed by atoms with Crippen molar-refractivity contribution in [2.45, 2.75) is 18.9 Å². The van der Waals surface area contributed by atoms with Crippen molar-refractivity contribution in [3.05, 3.63) is 29.5 Å². The molecule has 1 amide bonds. The monoisotopic (exact) mass is 290 g/mol. The van der Waals surface area contributed by atoms with Crippen LogP contribution in [0.2, 0.25) is 5.28 Å². The average molecular weight is 291 g/mol. The Labute approximate surface area is 122 Å². The second kappa shape index (κ2) is 5.25. The number of anilines is 1. The fraction of sp³-hybridized carbons (Fsp3) is 0.357. The molecule has 6 heteroatoms. The molecule has 104 valence electrons. The Hall–Kier alpha value is -1.88. The first kappa shape index (κ1) is 13.1. The number of nitrogens with zero attached hydrogens (tertiary/aromatic N) is 3. The van der Waals surface area contributed by atoms with Crippen molar-refractivity contribution in [3.63, 3.8) is 0 Å². The second-order valence-electron chi connectivity index (χ2n) is 4.80. The molecule has 2 heterocycles. The molecule has 1 aromatic carbocycles. The zero-order chi connectivity index (χ0) is 14.1. The standard InChI is InChI=1S/C14H15ClN4O/c1-16-13(20)11-7-4-8-19(11)12-9-5-2-3-6-10(9)17-14(15)18-12/h2-3,5-6,11H,4,7-8H2,1H3,(H,16,20). The van der Waals surface area contributed by atoms with Gasteiger partial charge in [-0.2, -0.15) is 4.98 Å². The molecule has 20 heavy (non-hydrogen) atoms. The number of halogens is 1. The van der Waals surface area contributed by atoms with Gasteiger partial charge in [-0.05, 0) is 36.6 Å². The third kappa shape index (κ3) is 2.18. The number of fused-ring (bicyclic) bond motifs is 1. The summed E-state index contributed by atoms with van der Waals surface area (Å²) in [7, 11) is 1.66. The molecule has 0 aliphatic carbocycles. The summed E-state index contributed by atoms with van der Waals surface area (Å²) in [6.45, 7) is 0.801. The highest BCUT2D eigenvalue weighted by Crippen LogP contribution is 2.30. The SMILES string of the molecule is CNC(=O)C1CCCN1c1nc(Cl)nc2ccccc12. The van der Waals surface area contributed by atoms with E-state index in [-0.39, 0.29) is 17.2 Å². The number of para-hydroxylation sites is 1. The van der Waals surface area contributed by atoms with Crippen molar-refractivity contribution in [1.29, 1.82) is 0 Å². The van der Waals surface area contributed by atoms with E-state index in [1.165, 1.54) is 0 Å². The van der Waals surface area contributed by atoms with Crippen molar-refractivity contribution in [2.24, 2.45) is 0 Å². The molecule has 1 aliphatic heterocycles. The van der Waals surface area contributed by atoms with Gasteiger partial charge in [0.1, 0.15) is 11.9 Å². The Morgan fingerprint density at radius 2 is 2.20 bits per heavy atom. The molecule has 1 unspecified atom stereocenters. The molecule has 2 aromatic rings. The first-order valence-corrected chi connectivity index (χ1v) is 6.99.